The van der Waals surface area contributed by atoms with Crippen LogP contribution in [0.1, 0.15) is 5.56 Å². The number of methoxy groups -OCH3 is 2. The van der Waals surface area contributed by atoms with Crippen LogP contribution in [0.25, 0.3) is 0 Å². The second-order valence-electron chi connectivity index (χ2n) is 5.17. The number of hydrogen-bond acceptors (Lipinski definition) is 8. The van der Waals surface area contributed by atoms with Gasteiger partial charge in [0, 0.05) is 11.8 Å². The van der Waals surface area contributed by atoms with Crippen LogP contribution < -0.4 is 20.1 Å². The van der Waals surface area contributed by atoms with Crippen LogP contribution in [-0.2, 0) is 0 Å². The van der Waals surface area contributed by atoms with Gasteiger partial charge >= 0.3 is 0 Å². The highest BCUT2D eigenvalue weighted by molar-refractivity contribution is 5.65. The van der Waals surface area contributed by atoms with Crippen molar-refractivity contribution in [3.8, 4) is 17.6 Å². The van der Waals surface area contributed by atoms with Crippen LogP contribution in [0, 0.1) is 11.3 Å². The topological polar surface area (TPSA) is 105 Å². The maximum absolute atomic E-state index is 8.84. The highest BCUT2D eigenvalue weighted by atomic mass is 16.5. The molecule has 0 saturated carbocycles. The van der Waals surface area contributed by atoms with Gasteiger partial charge in [-0.3, -0.25) is 0 Å². The molecule has 2 aromatic carbocycles. The molecule has 0 aliphatic heterocycles. The maximum atomic E-state index is 8.84. The van der Waals surface area contributed by atoms with Crippen molar-refractivity contribution in [2.45, 2.75) is 0 Å². The number of nitrogens with zero attached hydrogens (tertiary/aromatic N) is 4. The fourth-order valence-corrected chi connectivity index (χ4v) is 2.21. The largest absolute Gasteiger partial charge is 0.497 e. The lowest BCUT2D eigenvalue weighted by Gasteiger charge is -2.12. The fourth-order valence-electron chi connectivity index (χ4n) is 2.21. The molecule has 3 aromatic rings. The van der Waals surface area contributed by atoms with Crippen LogP contribution in [0.15, 0.2) is 48.7 Å². The molecule has 0 bridgehead atoms. The third-order valence-electron chi connectivity index (χ3n) is 3.50. The molecular weight excluding hydrogens is 332 g/mol. The number of nitriles is 1. The van der Waals surface area contributed by atoms with Crippen LogP contribution in [0.3, 0.4) is 0 Å². The summed E-state index contributed by atoms with van der Waals surface area (Å²) in [5.74, 6) is 2.10. The number of rotatable bonds is 6. The van der Waals surface area contributed by atoms with Gasteiger partial charge in [0.25, 0.3) is 0 Å². The first-order valence-electron chi connectivity index (χ1n) is 7.68. The molecule has 8 heteroatoms. The molecule has 0 aliphatic rings. The Labute approximate surface area is 150 Å². The molecule has 130 valence electrons. The second-order valence-corrected chi connectivity index (χ2v) is 5.17. The molecule has 0 fully saturated rings. The van der Waals surface area contributed by atoms with E-state index in [0.717, 1.165) is 5.69 Å². The number of ether oxygens (including phenoxy) is 2. The predicted octanol–water partition coefficient (Wildman–Crippen LogP) is 3.25. The van der Waals surface area contributed by atoms with Gasteiger partial charge in [0.2, 0.25) is 5.95 Å². The quantitative estimate of drug-likeness (QED) is 0.699. The lowest BCUT2D eigenvalue weighted by atomic mass is 10.2. The van der Waals surface area contributed by atoms with E-state index in [-0.39, 0.29) is 0 Å². The zero-order valence-corrected chi connectivity index (χ0v) is 14.2. The summed E-state index contributed by atoms with van der Waals surface area (Å²) in [6.45, 7) is 0. The second kappa shape index (κ2) is 7.81. The van der Waals surface area contributed by atoms with Crippen molar-refractivity contribution in [1.82, 2.24) is 15.2 Å². The van der Waals surface area contributed by atoms with Crippen LogP contribution in [-0.4, -0.2) is 29.4 Å². The van der Waals surface area contributed by atoms with Crippen molar-refractivity contribution in [3.05, 3.63) is 54.2 Å². The number of aromatic nitrogens is 3. The van der Waals surface area contributed by atoms with Crippen LogP contribution in [0.5, 0.6) is 11.5 Å². The Morgan fingerprint density at radius 1 is 1.00 bits per heavy atom. The summed E-state index contributed by atoms with van der Waals surface area (Å²) < 4.78 is 10.5. The molecular formula is C18H16N6O2. The minimum Gasteiger partial charge on any atom is -0.497 e. The highest BCUT2D eigenvalue weighted by Gasteiger charge is 2.08. The van der Waals surface area contributed by atoms with Gasteiger partial charge in [-0.25, -0.2) is 0 Å². The lowest BCUT2D eigenvalue weighted by Crippen LogP contribution is -2.03. The molecule has 1 aromatic heterocycles. The van der Waals surface area contributed by atoms with Gasteiger partial charge in [-0.1, -0.05) is 0 Å². The molecule has 0 unspecified atom stereocenters. The first-order valence-corrected chi connectivity index (χ1v) is 7.68. The molecule has 0 aliphatic carbocycles. The standard InChI is InChI=1S/C18H16N6O2/c1-25-14-7-8-15(16(9-14)26-2)22-18-23-17(11-20-24-18)21-13-5-3-12(10-19)4-6-13/h3-9,11H,1-2H3,(H2,21,22,23,24). The third-order valence-corrected chi connectivity index (χ3v) is 3.50. The molecule has 3 rings (SSSR count). The number of benzene rings is 2. The summed E-state index contributed by atoms with van der Waals surface area (Å²) in [7, 11) is 3.16. The summed E-state index contributed by atoms with van der Waals surface area (Å²) in [4.78, 5) is 4.38. The van der Waals surface area contributed by atoms with Gasteiger partial charge in [-0.2, -0.15) is 15.3 Å². The number of hydrogen-bond donors (Lipinski definition) is 2. The smallest absolute Gasteiger partial charge is 0.249 e. The Morgan fingerprint density at radius 3 is 2.50 bits per heavy atom. The monoisotopic (exact) mass is 348 g/mol. The van der Waals surface area contributed by atoms with E-state index in [1.54, 1.807) is 50.6 Å². The van der Waals surface area contributed by atoms with Gasteiger partial charge in [-0.05, 0) is 36.4 Å². The molecule has 8 nitrogen and oxygen atoms in total. The Bertz CT molecular complexity index is 937. The van der Waals surface area contributed by atoms with Crippen molar-refractivity contribution in [2.24, 2.45) is 0 Å². The maximum Gasteiger partial charge on any atom is 0.249 e. The average molecular weight is 348 g/mol. The SMILES string of the molecule is COc1ccc(Nc2nncc(Nc3ccc(C#N)cc3)n2)c(OC)c1. The van der Waals surface area contributed by atoms with Gasteiger partial charge in [0.05, 0.1) is 37.7 Å². The first kappa shape index (κ1) is 17.0. The van der Waals surface area contributed by atoms with Gasteiger partial charge in [0.15, 0.2) is 5.82 Å². The minimum absolute atomic E-state index is 0.312. The highest BCUT2D eigenvalue weighted by Crippen LogP contribution is 2.30. The third kappa shape index (κ3) is 3.96. The number of nitrogens with one attached hydrogen (secondary N) is 2. The normalized spacial score (nSPS) is 9.88. The Hall–Kier alpha value is -3.86. The predicted molar refractivity (Wildman–Crippen MR) is 97.1 cm³/mol. The van der Waals surface area contributed by atoms with E-state index in [1.165, 1.54) is 6.20 Å². The molecule has 0 saturated heterocycles. The van der Waals surface area contributed by atoms with Crippen molar-refractivity contribution >= 4 is 23.1 Å². The summed E-state index contributed by atoms with van der Waals surface area (Å²) in [5.41, 5.74) is 2.06. The lowest BCUT2D eigenvalue weighted by molar-refractivity contribution is 0.395. The van der Waals surface area contributed by atoms with Crippen LogP contribution in [0.4, 0.5) is 23.1 Å². The van der Waals surface area contributed by atoms with Crippen molar-refractivity contribution in [2.75, 3.05) is 24.9 Å². The molecule has 0 amide bonds. The fraction of sp³-hybridized carbons (Fsp3) is 0.111. The van der Waals surface area contributed by atoms with Crippen molar-refractivity contribution in [1.29, 1.82) is 5.26 Å². The van der Waals surface area contributed by atoms with Crippen molar-refractivity contribution < 1.29 is 9.47 Å². The summed E-state index contributed by atoms with van der Waals surface area (Å²) in [6, 6.07) is 14.5. The Balaban J connectivity index is 1.78. The summed E-state index contributed by atoms with van der Waals surface area (Å²) >= 11 is 0. The van der Waals surface area contributed by atoms with Crippen LogP contribution in [0.2, 0.25) is 0 Å². The van der Waals surface area contributed by atoms with E-state index in [2.05, 4.69) is 31.9 Å². The Morgan fingerprint density at radius 2 is 1.81 bits per heavy atom. The first-order chi connectivity index (χ1) is 12.7. The minimum atomic E-state index is 0.312. The Kier molecular flexibility index (Phi) is 5.10. The van der Waals surface area contributed by atoms with E-state index in [1.807, 2.05) is 6.07 Å². The molecule has 0 atom stereocenters. The molecule has 2 N–H and O–H groups in total. The van der Waals surface area contributed by atoms with E-state index in [4.69, 9.17) is 14.7 Å². The zero-order valence-electron chi connectivity index (χ0n) is 14.2. The van der Waals surface area contributed by atoms with E-state index in [0.29, 0.717) is 34.5 Å². The van der Waals surface area contributed by atoms with Gasteiger partial charge < -0.3 is 20.1 Å². The zero-order chi connectivity index (χ0) is 18.4. The number of anilines is 4. The van der Waals surface area contributed by atoms with Crippen molar-refractivity contribution in [3.63, 3.8) is 0 Å². The molecule has 1 heterocycles. The van der Waals surface area contributed by atoms with E-state index in [9.17, 15) is 0 Å². The van der Waals surface area contributed by atoms with Gasteiger partial charge in [0.1, 0.15) is 11.5 Å². The molecule has 0 spiro atoms. The van der Waals surface area contributed by atoms with E-state index < -0.39 is 0 Å². The summed E-state index contributed by atoms with van der Waals surface area (Å²) in [5, 5.41) is 23.0. The van der Waals surface area contributed by atoms with E-state index >= 15 is 0 Å². The van der Waals surface area contributed by atoms with Crippen LogP contribution >= 0.6 is 0 Å². The molecule has 0 radical (unpaired) electrons. The summed E-state index contributed by atoms with van der Waals surface area (Å²) in [6.07, 6.45) is 1.51. The molecule has 26 heavy (non-hydrogen) atoms. The van der Waals surface area contributed by atoms with Gasteiger partial charge in [-0.15, -0.1) is 5.10 Å². The average Bonchev–Trinajstić information content (AvgIpc) is 2.69.